The first-order valence-corrected chi connectivity index (χ1v) is 4.89. The van der Waals surface area contributed by atoms with Crippen LogP contribution in [-0.4, -0.2) is 10.9 Å². The number of hydrogen-bond donors (Lipinski definition) is 1. The van der Waals surface area contributed by atoms with Gasteiger partial charge in [-0.1, -0.05) is 0 Å². The molecule has 0 aliphatic carbocycles. The molecule has 0 spiro atoms. The van der Waals surface area contributed by atoms with Crippen molar-refractivity contribution in [1.82, 2.24) is 0 Å². The Labute approximate surface area is 95.3 Å². The lowest BCUT2D eigenvalue weighted by Crippen LogP contribution is -2.03. The molecule has 0 saturated carbocycles. The molecule has 17 heavy (non-hydrogen) atoms. The molecule has 2 rings (SSSR count). The van der Waals surface area contributed by atoms with Crippen molar-refractivity contribution in [1.29, 1.82) is 0 Å². The molecule has 1 aromatic heterocycles. The zero-order valence-electron chi connectivity index (χ0n) is 8.99. The summed E-state index contributed by atoms with van der Waals surface area (Å²) >= 11 is 0. The van der Waals surface area contributed by atoms with E-state index in [0.717, 1.165) is 12.1 Å². The molecule has 0 aliphatic heterocycles. The average Bonchev–Trinajstić information content (AvgIpc) is 2.27. The van der Waals surface area contributed by atoms with Gasteiger partial charge in [0.1, 0.15) is 23.8 Å². The lowest BCUT2D eigenvalue weighted by atomic mass is 10.1. The molecule has 0 amide bonds. The molecular formula is C12H9FO4. The zero-order chi connectivity index (χ0) is 12.6. The van der Waals surface area contributed by atoms with Crippen LogP contribution in [0.4, 0.5) is 4.39 Å². The van der Waals surface area contributed by atoms with E-state index in [1.807, 2.05) is 0 Å². The number of alkyl halides is 1. The van der Waals surface area contributed by atoms with Crippen LogP contribution < -0.4 is 5.43 Å². The second-order valence-electron chi connectivity index (χ2n) is 3.63. The van der Waals surface area contributed by atoms with Crippen LogP contribution in [0.3, 0.4) is 0 Å². The minimum Gasteiger partial charge on any atom is -0.507 e. The fourth-order valence-corrected chi connectivity index (χ4v) is 1.59. The molecule has 1 N–H and O–H groups in total. The first-order valence-electron chi connectivity index (χ1n) is 4.89. The number of carbonyl (C=O) groups excluding carboxylic acids is 1. The van der Waals surface area contributed by atoms with Gasteiger partial charge >= 0.3 is 0 Å². The number of halogens is 1. The third kappa shape index (κ3) is 1.91. The van der Waals surface area contributed by atoms with Gasteiger partial charge in [0.2, 0.25) is 0 Å². The van der Waals surface area contributed by atoms with Crippen molar-refractivity contribution >= 4 is 16.8 Å². The van der Waals surface area contributed by atoms with E-state index in [-0.39, 0.29) is 33.8 Å². The molecule has 2 aromatic rings. The molecule has 4 nitrogen and oxygen atoms in total. The SMILES string of the molecule is CC(=O)c1cc2c(=O)cc(CF)oc2cc1O. The second kappa shape index (κ2) is 4.01. The van der Waals surface area contributed by atoms with Crippen molar-refractivity contribution in [3.63, 3.8) is 0 Å². The Kier molecular flexibility index (Phi) is 2.67. The summed E-state index contributed by atoms with van der Waals surface area (Å²) in [5.41, 5.74) is -0.341. The van der Waals surface area contributed by atoms with Crippen molar-refractivity contribution in [2.75, 3.05) is 0 Å². The van der Waals surface area contributed by atoms with Gasteiger partial charge in [0, 0.05) is 12.1 Å². The van der Waals surface area contributed by atoms with Gasteiger partial charge in [0.15, 0.2) is 11.2 Å². The van der Waals surface area contributed by atoms with E-state index in [1.165, 1.54) is 13.0 Å². The van der Waals surface area contributed by atoms with Crippen molar-refractivity contribution < 1.29 is 18.7 Å². The second-order valence-corrected chi connectivity index (χ2v) is 3.63. The molecule has 5 heteroatoms. The van der Waals surface area contributed by atoms with E-state index in [2.05, 4.69) is 0 Å². The Balaban J connectivity index is 2.83. The van der Waals surface area contributed by atoms with Crippen LogP contribution in [0, 0.1) is 0 Å². The molecule has 1 aromatic carbocycles. The quantitative estimate of drug-likeness (QED) is 0.811. The number of rotatable bonds is 2. The summed E-state index contributed by atoms with van der Waals surface area (Å²) in [4.78, 5) is 22.8. The normalized spacial score (nSPS) is 10.7. The minimum atomic E-state index is -0.902. The summed E-state index contributed by atoms with van der Waals surface area (Å²) < 4.78 is 17.5. The van der Waals surface area contributed by atoms with Gasteiger partial charge < -0.3 is 9.52 Å². The predicted octanol–water partition coefficient (Wildman–Crippen LogP) is 2.17. The van der Waals surface area contributed by atoms with Crippen LogP contribution >= 0.6 is 0 Å². The number of ketones is 1. The molecular weight excluding hydrogens is 227 g/mol. The number of fused-ring (bicyclic) bond motifs is 1. The molecule has 0 atom stereocenters. The van der Waals surface area contributed by atoms with E-state index >= 15 is 0 Å². The molecule has 0 aliphatic rings. The fourth-order valence-electron chi connectivity index (χ4n) is 1.59. The van der Waals surface area contributed by atoms with Crippen LogP contribution in [0.1, 0.15) is 23.0 Å². The molecule has 1 heterocycles. The third-order valence-electron chi connectivity index (χ3n) is 2.41. The highest BCUT2D eigenvalue weighted by atomic mass is 19.1. The maximum Gasteiger partial charge on any atom is 0.193 e. The number of carbonyl (C=O) groups is 1. The Morgan fingerprint density at radius 3 is 2.71 bits per heavy atom. The van der Waals surface area contributed by atoms with E-state index in [9.17, 15) is 19.1 Å². The number of hydrogen-bond acceptors (Lipinski definition) is 4. The van der Waals surface area contributed by atoms with Gasteiger partial charge in [-0.15, -0.1) is 0 Å². The summed E-state index contributed by atoms with van der Waals surface area (Å²) in [6.45, 7) is 0.374. The van der Waals surface area contributed by atoms with Crippen molar-refractivity contribution in [2.45, 2.75) is 13.6 Å². The van der Waals surface area contributed by atoms with Crippen LogP contribution in [0.5, 0.6) is 5.75 Å². The minimum absolute atomic E-state index is 0.0396. The highest BCUT2D eigenvalue weighted by Crippen LogP contribution is 2.24. The van der Waals surface area contributed by atoms with Gasteiger partial charge in [0.05, 0.1) is 10.9 Å². The Morgan fingerprint density at radius 2 is 2.12 bits per heavy atom. The zero-order valence-corrected chi connectivity index (χ0v) is 8.99. The van der Waals surface area contributed by atoms with Crippen LogP contribution in [-0.2, 0) is 6.67 Å². The summed E-state index contributed by atoms with van der Waals surface area (Å²) in [5.74, 6) is -0.764. The van der Waals surface area contributed by atoms with Crippen LogP contribution in [0.15, 0.2) is 27.4 Å². The fraction of sp³-hybridized carbons (Fsp3) is 0.167. The molecule has 0 saturated heterocycles. The summed E-state index contributed by atoms with van der Waals surface area (Å²) in [6, 6.07) is 3.43. The number of Topliss-reactive ketones (excluding diaryl/α,β-unsaturated/α-hetero) is 1. The Morgan fingerprint density at radius 1 is 1.41 bits per heavy atom. The van der Waals surface area contributed by atoms with Crippen LogP contribution in [0.2, 0.25) is 0 Å². The van der Waals surface area contributed by atoms with Gasteiger partial charge in [-0.2, -0.15) is 0 Å². The maximum absolute atomic E-state index is 12.4. The molecule has 0 radical (unpaired) electrons. The Hall–Kier alpha value is -2.17. The molecule has 88 valence electrons. The monoisotopic (exact) mass is 236 g/mol. The number of benzene rings is 1. The van der Waals surface area contributed by atoms with Gasteiger partial charge in [-0.05, 0) is 13.0 Å². The predicted molar refractivity (Wildman–Crippen MR) is 59.0 cm³/mol. The third-order valence-corrected chi connectivity index (χ3v) is 2.41. The van der Waals surface area contributed by atoms with Crippen molar-refractivity contribution in [3.8, 4) is 5.75 Å². The number of phenolic OH excluding ortho intramolecular Hbond substituents is 1. The largest absolute Gasteiger partial charge is 0.507 e. The van der Waals surface area contributed by atoms with Gasteiger partial charge in [-0.3, -0.25) is 9.59 Å². The number of aromatic hydroxyl groups is 1. The molecule has 0 unspecified atom stereocenters. The lowest BCUT2D eigenvalue weighted by molar-refractivity contribution is 0.101. The van der Waals surface area contributed by atoms with Crippen molar-refractivity contribution in [2.24, 2.45) is 0 Å². The average molecular weight is 236 g/mol. The highest BCUT2D eigenvalue weighted by molar-refractivity contribution is 6.00. The van der Waals surface area contributed by atoms with Crippen molar-refractivity contribution in [3.05, 3.63) is 39.7 Å². The van der Waals surface area contributed by atoms with Gasteiger partial charge in [-0.25, -0.2) is 4.39 Å². The van der Waals surface area contributed by atoms with Crippen LogP contribution in [0.25, 0.3) is 11.0 Å². The van der Waals surface area contributed by atoms with E-state index in [1.54, 1.807) is 0 Å². The summed E-state index contributed by atoms with van der Waals surface area (Å²) in [6.07, 6.45) is 0. The topological polar surface area (TPSA) is 67.5 Å². The van der Waals surface area contributed by atoms with E-state index < -0.39 is 12.1 Å². The summed E-state index contributed by atoms with van der Waals surface area (Å²) in [7, 11) is 0. The lowest BCUT2D eigenvalue weighted by Gasteiger charge is -2.04. The van der Waals surface area contributed by atoms with Gasteiger partial charge in [0.25, 0.3) is 0 Å². The first kappa shape index (κ1) is 11.3. The highest BCUT2D eigenvalue weighted by Gasteiger charge is 2.12. The first-order chi connectivity index (χ1) is 8.02. The van der Waals surface area contributed by atoms with E-state index in [0.29, 0.717) is 0 Å². The molecule has 0 bridgehead atoms. The standard InChI is InChI=1S/C12H9FO4/c1-6(14)8-3-9-10(15)2-7(5-13)17-12(9)4-11(8)16/h2-4,16H,5H2,1H3. The summed E-state index contributed by atoms with van der Waals surface area (Å²) in [5, 5.41) is 9.70. The molecule has 0 fully saturated rings. The number of phenols is 1. The van der Waals surface area contributed by atoms with E-state index in [4.69, 9.17) is 4.42 Å². The smallest absolute Gasteiger partial charge is 0.193 e. The maximum atomic E-state index is 12.4. The Bertz CT molecular complexity index is 657.